The van der Waals surface area contributed by atoms with Gasteiger partial charge >= 0.3 is 0 Å². The van der Waals surface area contributed by atoms with E-state index >= 15 is 0 Å². The fraction of sp³-hybridized carbons (Fsp3) is 0.167. The molecule has 9 nitrogen and oxygen atoms in total. The molecule has 142 valence electrons. The number of nitrogens with one attached hydrogen (secondary N) is 2. The summed E-state index contributed by atoms with van der Waals surface area (Å²) in [5, 5.41) is 24.9. The van der Waals surface area contributed by atoms with Crippen LogP contribution in [-0.2, 0) is 4.79 Å². The van der Waals surface area contributed by atoms with Gasteiger partial charge in [-0.25, -0.2) is 5.43 Å². The highest BCUT2D eigenvalue weighted by Gasteiger charge is 2.11. The van der Waals surface area contributed by atoms with Crippen molar-refractivity contribution in [2.45, 2.75) is 0 Å². The van der Waals surface area contributed by atoms with E-state index in [1.54, 1.807) is 12.1 Å². The molecule has 0 saturated carbocycles. The first-order chi connectivity index (χ1) is 12.9. The van der Waals surface area contributed by atoms with Crippen molar-refractivity contribution in [3.05, 3.63) is 47.5 Å². The monoisotopic (exact) mass is 373 g/mol. The third-order valence-electron chi connectivity index (χ3n) is 3.46. The van der Waals surface area contributed by atoms with Gasteiger partial charge in [-0.05, 0) is 30.3 Å². The number of hydrogen-bond acceptors (Lipinski definition) is 7. The van der Waals surface area contributed by atoms with Crippen molar-refractivity contribution in [2.24, 2.45) is 5.10 Å². The van der Waals surface area contributed by atoms with Crippen LogP contribution in [0, 0.1) is 0 Å². The van der Waals surface area contributed by atoms with Gasteiger partial charge < -0.3 is 25.0 Å². The lowest BCUT2D eigenvalue weighted by molar-refractivity contribution is -0.120. The van der Waals surface area contributed by atoms with E-state index in [-0.39, 0.29) is 18.0 Å². The lowest BCUT2D eigenvalue weighted by Crippen LogP contribution is -2.34. The molecule has 0 aliphatic rings. The first kappa shape index (κ1) is 19.6. The predicted octanol–water partition coefficient (Wildman–Crippen LogP) is 0.995. The van der Waals surface area contributed by atoms with Gasteiger partial charge in [-0.3, -0.25) is 9.59 Å². The Hall–Kier alpha value is -3.75. The van der Waals surface area contributed by atoms with Gasteiger partial charge in [-0.15, -0.1) is 0 Å². The van der Waals surface area contributed by atoms with Crippen LogP contribution in [0.25, 0.3) is 0 Å². The number of aromatic hydroxyl groups is 2. The number of hydrazone groups is 1. The minimum absolute atomic E-state index is 0.0911. The minimum atomic E-state index is -0.557. The number of carbonyl (C=O) groups is 2. The predicted molar refractivity (Wildman–Crippen MR) is 97.4 cm³/mol. The summed E-state index contributed by atoms with van der Waals surface area (Å²) < 4.78 is 10.2. The normalized spacial score (nSPS) is 10.4. The summed E-state index contributed by atoms with van der Waals surface area (Å²) in [5.41, 5.74) is 2.83. The summed E-state index contributed by atoms with van der Waals surface area (Å²) in [4.78, 5) is 23.9. The molecule has 0 atom stereocenters. The maximum atomic E-state index is 12.1. The van der Waals surface area contributed by atoms with Crippen molar-refractivity contribution in [1.82, 2.24) is 10.7 Å². The van der Waals surface area contributed by atoms with E-state index in [9.17, 15) is 19.8 Å². The largest absolute Gasteiger partial charge is 0.508 e. The Balaban J connectivity index is 1.87. The number of phenols is 2. The molecule has 2 aromatic carbocycles. The molecule has 0 aromatic heterocycles. The number of carbonyl (C=O) groups excluding carboxylic acids is 2. The molecule has 0 unspecified atom stereocenters. The Labute approximate surface area is 155 Å². The number of amides is 2. The van der Waals surface area contributed by atoms with Crippen LogP contribution in [0.4, 0.5) is 0 Å². The summed E-state index contributed by atoms with van der Waals surface area (Å²) in [6.45, 7) is -0.300. The molecule has 0 aliphatic carbocycles. The number of methoxy groups -OCH3 is 2. The number of phenolic OH excluding ortho intramolecular Hbond substituents is 2. The first-order valence-electron chi connectivity index (χ1n) is 7.78. The van der Waals surface area contributed by atoms with Crippen LogP contribution in [0.15, 0.2) is 41.5 Å². The van der Waals surface area contributed by atoms with Gasteiger partial charge in [0.15, 0.2) is 11.5 Å². The van der Waals surface area contributed by atoms with Crippen molar-refractivity contribution in [3.8, 4) is 23.0 Å². The zero-order valence-electron chi connectivity index (χ0n) is 14.7. The number of ether oxygens (including phenoxy) is 2. The van der Waals surface area contributed by atoms with Gasteiger partial charge in [0.2, 0.25) is 0 Å². The Morgan fingerprint density at radius 2 is 1.81 bits per heavy atom. The summed E-state index contributed by atoms with van der Waals surface area (Å²) in [7, 11) is 2.94. The summed E-state index contributed by atoms with van der Waals surface area (Å²) in [6.07, 6.45) is 1.21. The number of nitrogens with zero attached hydrogens (tertiary/aromatic N) is 1. The van der Waals surface area contributed by atoms with Gasteiger partial charge in [-0.1, -0.05) is 0 Å². The highest BCUT2D eigenvalue weighted by Crippen LogP contribution is 2.27. The molecule has 27 heavy (non-hydrogen) atoms. The van der Waals surface area contributed by atoms with E-state index in [4.69, 9.17) is 9.47 Å². The second-order valence-electron chi connectivity index (χ2n) is 5.29. The van der Waals surface area contributed by atoms with Crippen LogP contribution in [-0.4, -0.2) is 49.0 Å². The van der Waals surface area contributed by atoms with Crippen molar-refractivity contribution in [3.63, 3.8) is 0 Å². The molecular weight excluding hydrogens is 354 g/mol. The van der Waals surface area contributed by atoms with Gasteiger partial charge in [0.25, 0.3) is 11.8 Å². The third kappa shape index (κ3) is 5.36. The molecule has 2 aromatic rings. The average molecular weight is 373 g/mol. The molecule has 0 spiro atoms. The average Bonchev–Trinajstić information content (AvgIpc) is 2.67. The lowest BCUT2D eigenvalue weighted by atomic mass is 10.2. The van der Waals surface area contributed by atoms with Gasteiger partial charge in [0.05, 0.1) is 27.0 Å². The summed E-state index contributed by atoms with van der Waals surface area (Å²) in [6, 6.07) is 8.57. The number of benzene rings is 2. The molecule has 2 amide bonds. The highest BCUT2D eigenvalue weighted by molar-refractivity contribution is 5.97. The Bertz CT molecular complexity index is 866. The van der Waals surface area contributed by atoms with Crippen LogP contribution in [0.1, 0.15) is 15.9 Å². The molecule has 0 saturated heterocycles. The fourth-order valence-electron chi connectivity index (χ4n) is 2.09. The molecule has 2 rings (SSSR count). The molecule has 0 radical (unpaired) electrons. The van der Waals surface area contributed by atoms with E-state index < -0.39 is 11.8 Å². The van der Waals surface area contributed by atoms with Crippen LogP contribution in [0.5, 0.6) is 23.0 Å². The standard InChI is InChI=1S/C18H19N3O6/c1-26-15-6-4-11(7-16(15)27-2)18(25)19-10-17(24)21-20-9-12-3-5-13(22)8-14(12)23/h3-9,22-23H,10H2,1-2H3,(H,19,25)(H,21,24). The topological polar surface area (TPSA) is 129 Å². The SMILES string of the molecule is COc1ccc(C(=O)NCC(=O)NN=Cc2ccc(O)cc2O)cc1OC. The lowest BCUT2D eigenvalue weighted by Gasteiger charge is -2.09. The molecule has 0 fully saturated rings. The maximum Gasteiger partial charge on any atom is 0.259 e. The minimum Gasteiger partial charge on any atom is -0.508 e. The molecule has 4 N–H and O–H groups in total. The Morgan fingerprint density at radius 3 is 2.48 bits per heavy atom. The smallest absolute Gasteiger partial charge is 0.259 e. The first-order valence-corrected chi connectivity index (χ1v) is 7.78. The molecule has 0 heterocycles. The quantitative estimate of drug-likeness (QED) is 0.423. The second-order valence-corrected chi connectivity index (χ2v) is 5.29. The zero-order valence-corrected chi connectivity index (χ0v) is 14.7. The van der Waals surface area contributed by atoms with Crippen molar-refractivity contribution in [1.29, 1.82) is 0 Å². The number of hydrogen-bond donors (Lipinski definition) is 4. The van der Waals surface area contributed by atoms with Gasteiger partial charge in [0, 0.05) is 17.2 Å². The molecule has 9 heteroatoms. The van der Waals surface area contributed by atoms with E-state index in [2.05, 4.69) is 15.8 Å². The van der Waals surface area contributed by atoms with Crippen molar-refractivity contribution >= 4 is 18.0 Å². The highest BCUT2D eigenvalue weighted by atomic mass is 16.5. The van der Waals surface area contributed by atoms with Crippen LogP contribution in [0.3, 0.4) is 0 Å². The fourth-order valence-corrected chi connectivity index (χ4v) is 2.09. The van der Waals surface area contributed by atoms with Crippen LogP contribution < -0.4 is 20.2 Å². The number of rotatable bonds is 7. The van der Waals surface area contributed by atoms with Crippen molar-refractivity contribution < 1.29 is 29.3 Å². The molecular formula is C18H19N3O6. The Morgan fingerprint density at radius 1 is 1.07 bits per heavy atom. The zero-order chi connectivity index (χ0) is 19.8. The van der Waals surface area contributed by atoms with Crippen molar-refractivity contribution in [2.75, 3.05) is 20.8 Å². The molecule has 0 aliphatic heterocycles. The van der Waals surface area contributed by atoms with Gasteiger partial charge in [0.1, 0.15) is 11.5 Å². The third-order valence-corrected chi connectivity index (χ3v) is 3.46. The van der Waals surface area contributed by atoms with E-state index in [0.717, 1.165) is 6.07 Å². The molecule has 0 bridgehead atoms. The van der Waals surface area contributed by atoms with Crippen LogP contribution in [0.2, 0.25) is 0 Å². The maximum absolute atomic E-state index is 12.1. The van der Waals surface area contributed by atoms with E-state index in [1.807, 2.05) is 0 Å². The second kappa shape index (κ2) is 9.09. The summed E-state index contributed by atoms with van der Waals surface area (Å²) in [5.74, 6) is -0.419. The van der Waals surface area contributed by atoms with E-state index in [0.29, 0.717) is 22.6 Å². The van der Waals surface area contributed by atoms with E-state index in [1.165, 1.54) is 38.6 Å². The van der Waals surface area contributed by atoms with Crippen LogP contribution >= 0.6 is 0 Å². The Kier molecular flexibility index (Phi) is 6.59. The van der Waals surface area contributed by atoms with Gasteiger partial charge in [-0.2, -0.15) is 5.10 Å². The summed E-state index contributed by atoms with van der Waals surface area (Å²) >= 11 is 0.